The van der Waals surface area contributed by atoms with E-state index in [2.05, 4.69) is 22.4 Å². The summed E-state index contributed by atoms with van der Waals surface area (Å²) in [6, 6.07) is 20.0. The Morgan fingerprint density at radius 1 is 0.683 bits per heavy atom. The first-order valence-corrected chi connectivity index (χ1v) is 24.5. The van der Waals surface area contributed by atoms with E-state index in [9.17, 15) is 67.8 Å². The molecule has 0 bridgehead atoms. The number of nitrogens with two attached hydrogens (primary N) is 1. The third-order valence-corrected chi connectivity index (χ3v) is 16.2. The van der Waals surface area contributed by atoms with Gasteiger partial charge in [-0.05, 0) is 35.7 Å². The second-order valence-electron chi connectivity index (χ2n) is 14.0. The Morgan fingerprint density at radius 3 is 1.92 bits per heavy atom. The minimum Gasteiger partial charge on any atom is -0.388 e. The van der Waals surface area contributed by atoms with Crippen LogP contribution < -0.4 is 21.7 Å². The molecule has 10 N–H and O–H groups in total. The lowest BCUT2D eigenvalue weighted by molar-refractivity contribution is -0.566. The Hall–Kier alpha value is -4.10. The molecule has 63 heavy (non-hydrogen) atoms. The summed E-state index contributed by atoms with van der Waals surface area (Å²) in [6.45, 7) is -1.16. The molecule has 3 aromatic heterocycles. The number of imidazole rings is 1. The highest BCUT2D eigenvalue weighted by Crippen LogP contribution is 2.71. The largest absolute Gasteiger partial charge is 0.490 e. The Bertz CT molecular complexity index is 2790. The predicted octanol–water partition coefficient (Wildman–Crippen LogP) is 0.0653. The van der Waals surface area contributed by atoms with Crippen LogP contribution in [0.25, 0.3) is 22.5 Å². The first-order valence-electron chi connectivity index (χ1n) is 18.3. The number of ether oxygens (including phenoxy) is 2. The van der Waals surface area contributed by atoms with Crippen LogP contribution in [0.15, 0.2) is 101 Å². The van der Waals surface area contributed by atoms with Gasteiger partial charge in [-0.1, -0.05) is 42.5 Å². The number of phosphoric acid groups is 3. The Balaban J connectivity index is 0.928. The van der Waals surface area contributed by atoms with Crippen LogP contribution in [0.4, 0.5) is 5.82 Å². The van der Waals surface area contributed by atoms with Crippen molar-refractivity contribution in [3.63, 3.8) is 0 Å². The number of fused-ring (bicyclic) bond motifs is 1. The third kappa shape index (κ3) is 10.6. The Morgan fingerprint density at radius 2 is 1.25 bits per heavy atom. The van der Waals surface area contributed by atoms with Crippen molar-refractivity contribution in [3.8, 4) is 16.8 Å². The molecule has 5 aromatic rings. The minimum atomic E-state index is -6.19. The standard InChI is InChI=1S/C33H38N6O20P4/c34-24-10-13-38(32(44)35-24)30-29(43)27(41)23(56-30)18-54-61(48,49)58-63(52,53)59-62(50,51)57-60(46,47)17-12-22-26(40)28(42)31(55-22)39-14-11-25-36(15-16-37(25)33(39)45)21-8-6-20(7-9-21)19-4-2-1-3-5-19/h1-11,13-16,22-23,26-31,40-43H,12,17-18H2,(H5-,34,35,44,46,47,48,49,50,51,52,53)/p+1/t22-,23-,26-,27-,28-,29-,30-,31-/m1/s1. The fraction of sp³-hybridized carbons (Fsp3) is 0.333. The second kappa shape index (κ2) is 18.1. The summed E-state index contributed by atoms with van der Waals surface area (Å²) < 4.78 is 82.4. The lowest BCUT2D eigenvalue weighted by Gasteiger charge is -2.21. The van der Waals surface area contributed by atoms with Gasteiger partial charge in [0.25, 0.3) is 5.65 Å². The van der Waals surface area contributed by atoms with Crippen molar-refractivity contribution in [1.82, 2.24) is 18.5 Å². The molecular weight excluding hydrogens is 924 g/mol. The van der Waals surface area contributed by atoms with E-state index in [0.29, 0.717) is 5.65 Å². The number of nitrogen functional groups attached to an aromatic ring is 1. The zero-order valence-electron chi connectivity index (χ0n) is 32.0. The monoisotopic (exact) mass is 963 g/mol. The van der Waals surface area contributed by atoms with Gasteiger partial charge in [-0.15, -0.1) is 4.40 Å². The van der Waals surface area contributed by atoms with Crippen LogP contribution in [0, 0.1) is 0 Å². The zero-order chi connectivity index (χ0) is 45.6. The number of rotatable bonds is 16. The van der Waals surface area contributed by atoms with E-state index >= 15 is 0 Å². The zero-order valence-corrected chi connectivity index (χ0v) is 35.6. The van der Waals surface area contributed by atoms with Gasteiger partial charge in [-0.2, -0.15) is 18.2 Å². The number of benzene rings is 2. The van der Waals surface area contributed by atoms with Gasteiger partial charge in [0.15, 0.2) is 12.5 Å². The van der Waals surface area contributed by atoms with Crippen molar-refractivity contribution in [2.45, 2.75) is 55.5 Å². The van der Waals surface area contributed by atoms with Crippen molar-refractivity contribution in [2.24, 2.45) is 0 Å². The van der Waals surface area contributed by atoms with Gasteiger partial charge in [0, 0.05) is 18.5 Å². The SMILES string of the molecule is Nc1ccn([C@@H]2O[C@H](COP(=O)(O)OP(=O)(O)OP(=O)(O)OP(=O)(O)CC[C@H]3O[C@@H](n4ccc5n(cc[n+]5-c5ccc(-c6ccccc6)cc5)c4=O)[C@H](O)[C@@H]3O)[C@@H](O)[C@H]2O)c(=O)n1. The maximum Gasteiger partial charge on any atom is 0.490 e. The minimum absolute atomic E-state index is 0.176. The molecule has 2 fully saturated rings. The van der Waals surface area contributed by atoms with Crippen molar-refractivity contribution in [2.75, 3.05) is 18.5 Å². The lowest BCUT2D eigenvalue weighted by Crippen LogP contribution is -2.38. The smallest absolute Gasteiger partial charge is 0.388 e. The second-order valence-corrected chi connectivity index (χ2v) is 20.8. The number of anilines is 1. The van der Waals surface area contributed by atoms with E-state index < -0.39 is 111 Å². The van der Waals surface area contributed by atoms with Crippen LogP contribution in [-0.4, -0.2) is 108 Å². The molecule has 0 radical (unpaired) electrons. The van der Waals surface area contributed by atoms with Crippen LogP contribution in [0.5, 0.6) is 0 Å². The molecule has 0 saturated carbocycles. The van der Waals surface area contributed by atoms with E-state index in [1.807, 2.05) is 54.6 Å². The Labute approximate surface area is 353 Å². The summed E-state index contributed by atoms with van der Waals surface area (Å²) in [5.74, 6) is -0.176. The molecule has 2 aromatic carbocycles. The summed E-state index contributed by atoms with van der Waals surface area (Å²) in [6.07, 6.45) is -9.88. The first-order chi connectivity index (χ1) is 29.5. The molecular formula is C33H39N6O20P4+. The highest BCUT2D eigenvalue weighted by Gasteiger charge is 2.49. The molecule has 5 heterocycles. The highest BCUT2D eigenvalue weighted by atomic mass is 31.3. The fourth-order valence-corrected chi connectivity index (χ4v) is 12.4. The molecule has 2 aliphatic heterocycles. The average Bonchev–Trinajstić information content (AvgIpc) is 3.85. The van der Waals surface area contributed by atoms with Gasteiger partial charge in [0.2, 0.25) is 0 Å². The summed E-state index contributed by atoms with van der Waals surface area (Å²) in [7, 11) is -23.5. The van der Waals surface area contributed by atoms with Crippen LogP contribution in [-0.2, 0) is 45.2 Å². The van der Waals surface area contributed by atoms with Gasteiger partial charge < -0.3 is 55.2 Å². The topological polar surface area (TPSA) is 377 Å². The molecule has 26 nitrogen and oxygen atoms in total. The molecule has 4 unspecified atom stereocenters. The van der Waals surface area contributed by atoms with E-state index in [1.165, 1.54) is 16.8 Å². The van der Waals surface area contributed by atoms with Crippen LogP contribution in [0.3, 0.4) is 0 Å². The maximum absolute atomic E-state index is 13.6. The number of phosphoric ester groups is 1. The highest BCUT2D eigenvalue weighted by molar-refractivity contribution is 7.70. The van der Waals surface area contributed by atoms with Crippen LogP contribution in [0.1, 0.15) is 18.9 Å². The molecule has 7 rings (SSSR count). The first kappa shape index (κ1) is 46.9. The fourth-order valence-electron chi connectivity index (χ4n) is 6.80. The van der Waals surface area contributed by atoms with E-state index in [4.69, 9.17) is 15.2 Å². The third-order valence-electron chi connectivity index (χ3n) is 9.74. The number of aliphatic hydroxyl groups is 4. The van der Waals surface area contributed by atoms with Gasteiger partial charge in [0.05, 0.1) is 18.9 Å². The number of aromatic nitrogens is 5. The summed E-state index contributed by atoms with van der Waals surface area (Å²) in [5, 5.41) is 42.2. The molecule has 2 saturated heterocycles. The van der Waals surface area contributed by atoms with Crippen molar-refractivity contribution >= 4 is 42.5 Å². The normalized spacial score (nSPS) is 27.7. The van der Waals surface area contributed by atoms with Crippen molar-refractivity contribution in [1.29, 1.82) is 0 Å². The average molecular weight is 964 g/mol. The molecule has 0 aliphatic carbocycles. The van der Waals surface area contributed by atoms with Crippen molar-refractivity contribution < 1.29 is 89.8 Å². The molecule has 340 valence electrons. The van der Waals surface area contributed by atoms with Gasteiger partial charge in [-0.25, -0.2) is 27.6 Å². The lowest BCUT2D eigenvalue weighted by atomic mass is 10.1. The van der Waals surface area contributed by atoms with Crippen LogP contribution >= 0.6 is 31.1 Å². The molecule has 30 heteroatoms. The van der Waals surface area contributed by atoms with Gasteiger partial charge in [0.1, 0.15) is 54.4 Å². The summed E-state index contributed by atoms with van der Waals surface area (Å²) in [5.41, 5.74) is 6.86. The van der Waals surface area contributed by atoms with Crippen molar-refractivity contribution in [3.05, 3.63) is 112 Å². The summed E-state index contributed by atoms with van der Waals surface area (Å²) in [4.78, 5) is 69.4. The molecule has 2 aliphatic rings. The molecule has 12 atom stereocenters. The van der Waals surface area contributed by atoms with E-state index in [-0.39, 0.29) is 5.82 Å². The van der Waals surface area contributed by atoms with Gasteiger partial charge in [-0.3, -0.25) is 18.2 Å². The summed E-state index contributed by atoms with van der Waals surface area (Å²) >= 11 is 0. The number of aliphatic hydroxyl groups excluding tert-OH is 4. The number of nitrogens with zero attached hydrogens (tertiary/aromatic N) is 5. The van der Waals surface area contributed by atoms with Gasteiger partial charge >= 0.3 is 42.4 Å². The molecule has 0 amide bonds. The maximum atomic E-state index is 13.6. The number of hydrogen-bond donors (Lipinski definition) is 9. The number of hydrogen-bond acceptors (Lipinski definition) is 18. The quantitative estimate of drug-likeness (QED) is 0.0466. The van der Waals surface area contributed by atoms with E-state index in [1.54, 1.807) is 16.8 Å². The predicted molar refractivity (Wildman–Crippen MR) is 211 cm³/mol. The van der Waals surface area contributed by atoms with E-state index in [0.717, 1.165) is 38.2 Å². The molecule has 0 spiro atoms. The Kier molecular flexibility index (Phi) is 13.4. The van der Waals surface area contributed by atoms with Crippen LogP contribution in [0.2, 0.25) is 0 Å².